The summed E-state index contributed by atoms with van der Waals surface area (Å²) in [5.41, 5.74) is 2.74. The lowest BCUT2D eigenvalue weighted by molar-refractivity contribution is -0.139. The van der Waals surface area contributed by atoms with Crippen molar-refractivity contribution in [2.24, 2.45) is 0 Å². The van der Waals surface area contributed by atoms with Crippen molar-refractivity contribution in [2.45, 2.75) is 76.4 Å². The molecule has 0 saturated heterocycles. The smallest absolute Gasteiger partial charge is 0.264 e. The zero-order valence-electron chi connectivity index (χ0n) is 23.8. The average Bonchev–Trinajstić information content (AvgIpc) is 2.96. The van der Waals surface area contributed by atoms with E-state index in [2.05, 4.69) is 5.32 Å². The van der Waals surface area contributed by atoms with Crippen LogP contribution in [0.15, 0.2) is 77.7 Å². The van der Waals surface area contributed by atoms with Gasteiger partial charge in [-0.05, 0) is 80.6 Å². The first-order chi connectivity index (χ1) is 19.6. The van der Waals surface area contributed by atoms with Gasteiger partial charge in [0.05, 0.1) is 10.6 Å². The fraction of sp³-hybridized carbons (Fsp3) is 0.375. The first kappa shape index (κ1) is 30.6. The third-order valence-electron chi connectivity index (χ3n) is 7.60. The minimum Gasteiger partial charge on any atom is -0.352 e. The molecule has 7 nitrogen and oxygen atoms in total. The van der Waals surface area contributed by atoms with E-state index in [-0.39, 0.29) is 23.4 Å². The van der Waals surface area contributed by atoms with Crippen LogP contribution in [-0.4, -0.2) is 43.8 Å². The number of aryl methyl sites for hydroxylation is 2. The Labute approximate surface area is 248 Å². The molecular formula is C32H38ClN3O4S. The van der Waals surface area contributed by atoms with Gasteiger partial charge in [0.1, 0.15) is 12.6 Å². The molecule has 0 spiro atoms. The molecule has 4 rings (SSSR count). The molecule has 0 unspecified atom stereocenters. The third-order valence-corrected chi connectivity index (χ3v) is 9.61. The number of amides is 2. The van der Waals surface area contributed by atoms with Crippen LogP contribution < -0.4 is 9.62 Å². The molecule has 0 aliphatic heterocycles. The lowest BCUT2D eigenvalue weighted by Gasteiger charge is -2.33. The molecule has 41 heavy (non-hydrogen) atoms. The molecule has 0 heterocycles. The zero-order chi connectivity index (χ0) is 29.6. The van der Waals surface area contributed by atoms with Gasteiger partial charge in [0.2, 0.25) is 11.8 Å². The van der Waals surface area contributed by atoms with E-state index in [1.165, 1.54) is 17.0 Å². The summed E-state index contributed by atoms with van der Waals surface area (Å²) in [7, 11) is -4.11. The Morgan fingerprint density at radius 2 is 1.66 bits per heavy atom. The molecule has 9 heteroatoms. The highest BCUT2D eigenvalue weighted by Crippen LogP contribution is 2.29. The molecular weight excluding hydrogens is 558 g/mol. The molecule has 0 radical (unpaired) electrons. The van der Waals surface area contributed by atoms with E-state index in [0.29, 0.717) is 16.3 Å². The average molecular weight is 596 g/mol. The van der Waals surface area contributed by atoms with Crippen molar-refractivity contribution >= 4 is 39.1 Å². The first-order valence-corrected chi connectivity index (χ1v) is 15.9. The van der Waals surface area contributed by atoms with Crippen molar-refractivity contribution in [1.29, 1.82) is 0 Å². The van der Waals surface area contributed by atoms with Crippen molar-refractivity contribution in [3.63, 3.8) is 0 Å². The van der Waals surface area contributed by atoms with E-state index in [1.54, 1.807) is 49.4 Å². The van der Waals surface area contributed by atoms with Gasteiger partial charge >= 0.3 is 0 Å². The van der Waals surface area contributed by atoms with Crippen molar-refractivity contribution in [3.05, 3.63) is 94.5 Å². The molecule has 3 aromatic carbocycles. The summed E-state index contributed by atoms with van der Waals surface area (Å²) in [5.74, 6) is -0.742. The van der Waals surface area contributed by atoms with Gasteiger partial charge in [-0.25, -0.2) is 8.42 Å². The van der Waals surface area contributed by atoms with Crippen molar-refractivity contribution in [1.82, 2.24) is 10.2 Å². The maximum Gasteiger partial charge on any atom is 0.264 e. The van der Waals surface area contributed by atoms with Gasteiger partial charge in [0.15, 0.2) is 0 Å². The van der Waals surface area contributed by atoms with Gasteiger partial charge in [-0.3, -0.25) is 13.9 Å². The Morgan fingerprint density at radius 3 is 2.34 bits per heavy atom. The highest BCUT2D eigenvalue weighted by Gasteiger charge is 2.33. The number of nitrogens with one attached hydrogen (secondary N) is 1. The highest BCUT2D eigenvalue weighted by atomic mass is 35.5. The SMILES string of the molecule is Cc1ccc(C)c(N(CC(=O)N(Cc2cccc(Cl)c2)[C@@H](C)C(=O)NC2CCCCC2)S(=O)(=O)c2ccccc2)c1. The van der Waals surface area contributed by atoms with E-state index >= 15 is 0 Å². The predicted molar refractivity (Wildman–Crippen MR) is 163 cm³/mol. The summed E-state index contributed by atoms with van der Waals surface area (Å²) in [6.07, 6.45) is 5.11. The Balaban J connectivity index is 1.70. The van der Waals surface area contributed by atoms with Gasteiger partial charge in [0.25, 0.3) is 10.0 Å². The summed E-state index contributed by atoms with van der Waals surface area (Å²) < 4.78 is 29.1. The number of halogens is 1. The summed E-state index contributed by atoms with van der Waals surface area (Å²) >= 11 is 6.23. The monoisotopic (exact) mass is 595 g/mol. The van der Waals surface area contributed by atoms with Crippen LogP contribution in [0.25, 0.3) is 0 Å². The van der Waals surface area contributed by atoms with Crippen LogP contribution in [0.2, 0.25) is 5.02 Å². The molecule has 1 aliphatic rings. The molecule has 3 aromatic rings. The summed E-state index contributed by atoms with van der Waals surface area (Å²) in [6.45, 7) is 5.01. The maximum absolute atomic E-state index is 14.1. The van der Waals surface area contributed by atoms with Gasteiger partial charge < -0.3 is 10.2 Å². The fourth-order valence-electron chi connectivity index (χ4n) is 5.20. The number of rotatable bonds is 10. The Bertz CT molecular complexity index is 1470. The molecule has 218 valence electrons. The second kappa shape index (κ2) is 13.5. The summed E-state index contributed by atoms with van der Waals surface area (Å²) in [6, 6.07) is 19.9. The largest absolute Gasteiger partial charge is 0.352 e. The van der Waals surface area contributed by atoms with Crippen LogP contribution in [0.3, 0.4) is 0 Å². The molecule has 1 N–H and O–H groups in total. The van der Waals surface area contributed by atoms with Crippen LogP contribution in [0.5, 0.6) is 0 Å². The number of hydrogen-bond acceptors (Lipinski definition) is 4. The predicted octanol–water partition coefficient (Wildman–Crippen LogP) is 6.02. The topological polar surface area (TPSA) is 86.8 Å². The number of benzene rings is 3. The second-order valence-electron chi connectivity index (χ2n) is 10.8. The maximum atomic E-state index is 14.1. The quantitative estimate of drug-likeness (QED) is 0.311. The fourth-order valence-corrected chi connectivity index (χ4v) is 6.91. The van der Waals surface area contributed by atoms with Gasteiger partial charge in [0, 0.05) is 17.6 Å². The number of carbonyl (C=O) groups excluding carboxylic acids is 2. The second-order valence-corrected chi connectivity index (χ2v) is 13.1. The van der Waals surface area contributed by atoms with Crippen LogP contribution in [-0.2, 0) is 26.2 Å². The molecule has 1 aliphatic carbocycles. The van der Waals surface area contributed by atoms with Gasteiger partial charge in [-0.2, -0.15) is 0 Å². The van der Waals surface area contributed by atoms with E-state index in [9.17, 15) is 18.0 Å². The molecule has 2 amide bonds. The number of anilines is 1. The molecule has 0 bridgehead atoms. The Kier molecular flexibility index (Phi) is 10.1. The molecule has 1 atom stereocenters. The molecule has 1 saturated carbocycles. The minimum absolute atomic E-state index is 0.0757. The van der Waals surface area contributed by atoms with Gasteiger partial charge in [-0.15, -0.1) is 0 Å². The summed E-state index contributed by atoms with van der Waals surface area (Å²) in [5, 5.41) is 3.63. The lowest BCUT2D eigenvalue weighted by Crippen LogP contribution is -2.53. The van der Waals surface area contributed by atoms with E-state index < -0.39 is 28.5 Å². The number of sulfonamides is 1. The lowest BCUT2D eigenvalue weighted by atomic mass is 9.95. The highest BCUT2D eigenvalue weighted by molar-refractivity contribution is 7.92. The van der Waals surface area contributed by atoms with Crippen molar-refractivity contribution in [3.8, 4) is 0 Å². The van der Waals surface area contributed by atoms with Crippen LogP contribution in [0, 0.1) is 13.8 Å². The third kappa shape index (κ3) is 7.68. The standard InChI is InChI=1S/C32H38ClN3O4S/c1-23-17-18-24(2)30(19-23)36(41(39,40)29-15-8-5-9-16-29)22-31(37)35(21-26-11-10-12-27(33)20-26)25(3)32(38)34-28-13-6-4-7-14-28/h5,8-12,15-20,25,28H,4,6-7,13-14,21-22H2,1-3H3,(H,34,38)/t25-/m0/s1. The van der Waals surface area contributed by atoms with Crippen molar-refractivity contribution < 1.29 is 18.0 Å². The Hall–Kier alpha value is -3.36. The van der Waals surface area contributed by atoms with Crippen molar-refractivity contribution in [2.75, 3.05) is 10.8 Å². The molecule has 0 aromatic heterocycles. The Morgan fingerprint density at radius 1 is 0.951 bits per heavy atom. The van der Waals surface area contributed by atoms with E-state index in [1.807, 2.05) is 32.0 Å². The van der Waals surface area contributed by atoms with Crippen LogP contribution in [0.4, 0.5) is 5.69 Å². The molecule has 1 fully saturated rings. The first-order valence-electron chi connectivity index (χ1n) is 14.1. The minimum atomic E-state index is -4.11. The zero-order valence-corrected chi connectivity index (χ0v) is 25.4. The number of carbonyl (C=O) groups is 2. The van der Waals surface area contributed by atoms with E-state index in [0.717, 1.165) is 47.5 Å². The normalized spacial score (nSPS) is 14.7. The van der Waals surface area contributed by atoms with Crippen LogP contribution >= 0.6 is 11.6 Å². The number of nitrogens with zero attached hydrogens (tertiary/aromatic N) is 2. The van der Waals surface area contributed by atoms with Gasteiger partial charge in [-0.1, -0.05) is 73.3 Å². The summed E-state index contributed by atoms with van der Waals surface area (Å²) in [4.78, 5) is 29.1. The van der Waals surface area contributed by atoms with Crippen LogP contribution in [0.1, 0.15) is 55.7 Å². The van der Waals surface area contributed by atoms with E-state index in [4.69, 9.17) is 11.6 Å². The number of hydrogen-bond donors (Lipinski definition) is 1.